The van der Waals surface area contributed by atoms with Crippen molar-refractivity contribution in [3.8, 4) is 5.75 Å². The molecular weight excluding hydrogens is 380 g/mol. The van der Waals surface area contributed by atoms with Crippen LogP contribution in [-0.2, 0) is 6.42 Å². The van der Waals surface area contributed by atoms with Crippen molar-refractivity contribution in [3.05, 3.63) is 63.0 Å². The number of benzene rings is 2. The van der Waals surface area contributed by atoms with Crippen LogP contribution in [0.25, 0.3) is 0 Å². The van der Waals surface area contributed by atoms with Gasteiger partial charge in [0.15, 0.2) is 11.6 Å². The van der Waals surface area contributed by atoms with Crippen LogP contribution >= 0.6 is 22.6 Å². The number of hydrogen-bond acceptors (Lipinski definition) is 2. The first-order valence-corrected chi connectivity index (χ1v) is 8.03. The SMILES string of the molecule is CCNC(Cc1ccc(OC)c(F)c1)c1cccc(I)c1. The van der Waals surface area contributed by atoms with Crippen molar-refractivity contribution in [2.75, 3.05) is 13.7 Å². The van der Waals surface area contributed by atoms with Gasteiger partial charge in [0.05, 0.1) is 7.11 Å². The lowest BCUT2D eigenvalue weighted by atomic mass is 9.98. The number of likely N-dealkylation sites (N-methyl/N-ethyl adjacent to an activating group) is 1. The van der Waals surface area contributed by atoms with Crippen molar-refractivity contribution >= 4 is 22.6 Å². The fraction of sp³-hybridized carbons (Fsp3) is 0.294. The molecule has 4 heteroatoms. The number of hydrogen-bond donors (Lipinski definition) is 1. The molecule has 0 heterocycles. The van der Waals surface area contributed by atoms with Crippen molar-refractivity contribution in [3.63, 3.8) is 0 Å². The Labute approximate surface area is 138 Å². The van der Waals surface area contributed by atoms with E-state index in [0.29, 0.717) is 0 Å². The van der Waals surface area contributed by atoms with E-state index in [0.717, 1.165) is 18.5 Å². The maximum Gasteiger partial charge on any atom is 0.165 e. The molecule has 112 valence electrons. The summed E-state index contributed by atoms with van der Waals surface area (Å²) in [5.41, 5.74) is 2.18. The van der Waals surface area contributed by atoms with E-state index in [-0.39, 0.29) is 17.6 Å². The van der Waals surface area contributed by atoms with Crippen molar-refractivity contribution in [2.24, 2.45) is 0 Å². The first kappa shape index (κ1) is 16.2. The zero-order chi connectivity index (χ0) is 15.2. The molecule has 2 aromatic rings. The highest BCUT2D eigenvalue weighted by Gasteiger charge is 2.13. The second kappa shape index (κ2) is 7.75. The zero-order valence-corrected chi connectivity index (χ0v) is 14.4. The summed E-state index contributed by atoms with van der Waals surface area (Å²) in [6.07, 6.45) is 0.745. The van der Waals surface area contributed by atoms with E-state index in [2.05, 4.69) is 59.1 Å². The lowest BCUT2D eigenvalue weighted by Crippen LogP contribution is -2.23. The van der Waals surface area contributed by atoms with E-state index in [1.165, 1.54) is 16.2 Å². The maximum absolute atomic E-state index is 13.8. The van der Waals surface area contributed by atoms with Crippen LogP contribution in [-0.4, -0.2) is 13.7 Å². The third-order valence-electron chi connectivity index (χ3n) is 3.36. The topological polar surface area (TPSA) is 21.3 Å². The van der Waals surface area contributed by atoms with Gasteiger partial charge < -0.3 is 10.1 Å². The fourth-order valence-electron chi connectivity index (χ4n) is 2.35. The van der Waals surface area contributed by atoms with Gasteiger partial charge in [0, 0.05) is 9.61 Å². The minimum absolute atomic E-state index is 0.178. The molecule has 2 rings (SSSR count). The molecule has 0 amide bonds. The summed E-state index contributed by atoms with van der Waals surface area (Å²) in [4.78, 5) is 0. The molecule has 0 aliphatic heterocycles. The Kier molecular flexibility index (Phi) is 5.99. The van der Waals surface area contributed by atoms with Gasteiger partial charge in [-0.05, 0) is 70.9 Å². The Hall–Kier alpha value is -1.14. The highest BCUT2D eigenvalue weighted by atomic mass is 127. The fourth-order valence-corrected chi connectivity index (χ4v) is 2.92. The quantitative estimate of drug-likeness (QED) is 0.731. The summed E-state index contributed by atoms with van der Waals surface area (Å²) in [6, 6.07) is 13.7. The van der Waals surface area contributed by atoms with Crippen LogP contribution in [0.5, 0.6) is 5.75 Å². The summed E-state index contributed by atoms with van der Waals surface area (Å²) in [6.45, 7) is 2.95. The lowest BCUT2D eigenvalue weighted by Gasteiger charge is -2.19. The molecule has 0 aromatic heterocycles. The average Bonchev–Trinajstić information content (AvgIpc) is 2.47. The van der Waals surface area contributed by atoms with Gasteiger partial charge in [-0.2, -0.15) is 0 Å². The van der Waals surface area contributed by atoms with Crippen molar-refractivity contribution in [1.82, 2.24) is 5.32 Å². The average molecular weight is 399 g/mol. The Bertz CT molecular complexity index is 603. The van der Waals surface area contributed by atoms with Gasteiger partial charge in [0.25, 0.3) is 0 Å². The second-order valence-corrected chi connectivity index (χ2v) is 6.08. The molecule has 0 bridgehead atoms. The molecule has 2 aromatic carbocycles. The lowest BCUT2D eigenvalue weighted by molar-refractivity contribution is 0.386. The molecule has 2 nitrogen and oxygen atoms in total. The minimum Gasteiger partial charge on any atom is -0.494 e. The van der Waals surface area contributed by atoms with Crippen molar-refractivity contribution in [2.45, 2.75) is 19.4 Å². The molecule has 0 fully saturated rings. The van der Waals surface area contributed by atoms with E-state index >= 15 is 0 Å². The first-order chi connectivity index (χ1) is 10.1. The molecule has 0 radical (unpaired) electrons. The molecule has 0 aliphatic carbocycles. The Balaban J connectivity index is 2.22. The van der Waals surface area contributed by atoms with Crippen LogP contribution in [0.2, 0.25) is 0 Å². The van der Waals surface area contributed by atoms with Crippen LogP contribution in [0.3, 0.4) is 0 Å². The predicted molar refractivity (Wildman–Crippen MR) is 92.2 cm³/mol. The van der Waals surface area contributed by atoms with Gasteiger partial charge in [0.2, 0.25) is 0 Å². The monoisotopic (exact) mass is 399 g/mol. The molecular formula is C17H19FINO. The van der Waals surface area contributed by atoms with E-state index < -0.39 is 0 Å². The Morgan fingerprint density at radius 3 is 2.67 bits per heavy atom. The zero-order valence-electron chi connectivity index (χ0n) is 12.2. The third kappa shape index (κ3) is 4.41. The minimum atomic E-state index is -0.312. The number of nitrogens with one attached hydrogen (secondary N) is 1. The van der Waals surface area contributed by atoms with Crippen LogP contribution in [0.1, 0.15) is 24.1 Å². The maximum atomic E-state index is 13.8. The van der Waals surface area contributed by atoms with E-state index in [1.54, 1.807) is 12.1 Å². The number of ether oxygens (including phenoxy) is 1. The number of methoxy groups -OCH3 is 1. The molecule has 21 heavy (non-hydrogen) atoms. The van der Waals surface area contributed by atoms with Crippen molar-refractivity contribution < 1.29 is 9.13 Å². The highest BCUT2D eigenvalue weighted by molar-refractivity contribution is 14.1. The molecule has 0 aliphatic rings. The molecule has 1 unspecified atom stereocenters. The summed E-state index contributed by atoms with van der Waals surface area (Å²) in [5.74, 6) is -0.0269. The summed E-state index contributed by atoms with van der Waals surface area (Å²) < 4.78 is 20.0. The predicted octanol–water partition coefficient (Wildman–Crippen LogP) is 4.33. The van der Waals surface area contributed by atoms with Gasteiger partial charge in [-0.1, -0.05) is 25.1 Å². The second-order valence-electron chi connectivity index (χ2n) is 4.84. The van der Waals surface area contributed by atoms with Gasteiger partial charge >= 0.3 is 0 Å². The summed E-state index contributed by atoms with van der Waals surface area (Å²) in [7, 11) is 1.48. The van der Waals surface area contributed by atoms with Gasteiger partial charge in [0.1, 0.15) is 0 Å². The van der Waals surface area contributed by atoms with Gasteiger partial charge in [-0.3, -0.25) is 0 Å². The van der Waals surface area contributed by atoms with Gasteiger partial charge in [-0.25, -0.2) is 4.39 Å². The first-order valence-electron chi connectivity index (χ1n) is 6.95. The Morgan fingerprint density at radius 1 is 1.24 bits per heavy atom. The third-order valence-corrected chi connectivity index (χ3v) is 4.03. The van der Waals surface area contributed by atoms with Crippen LogP contribution in [0.4, 0.5) is 4.39 Å². The highest BCUT2D eigenvalue weighted by Crippen LogP contribution is 2.23. The molecule has 0 saturated heterocycles. The number of halogens is 2. The molecule has 1 atom stereocenters. The smallest absolute Gasteiger partial charge is 0.165 e. The standard InChI is InChI=1S/C17H19FINO/c1-3-20-16(13-5-4-6-14(19)11-13)10-12-7-8-17(21-2)15(18)9-12/h4-9,11,16,20H,3,10H2,1-2H3. The normalized spacial score (nSPS) is 12.2. The number of rotatable bonds is 6. The summed E-state index contributed by atoms with van der Waals surface area (Å²) in [5, 5.41) is 3.47. The molecule has 0 saturated carbocycles. The van der Waals surface area contributed by atoms with Crippen molar-refractivity contribution in [1.29, 1.82) is 0 Å². The Morgan fingerprint density at radius 2 is 2.05 bits per heavy atom. The van der Waals surface area contributed by atoms with Crippen LogP contribution in [0, 0.1) is 9.39 Å². The van der Waals surface area contributed by atoms with Crippen LogP contribution < -0.4 is 10.1 Å². The van der Waals surface area contributed by atoms with E-state index in [4.69, 9.17) is 4.74 Å². The van der Waals surface area contributed by atoms with Crippen LogP contribution in [0.15, 0.2) is 42.5 Å². The summed E-state index contributed by atoms with van der Waals surface area (Å²) >= 11 is 2.31. The van der Waals surface area contributed by atoms with Gasteiger partial charge in [-0.15, -0.1) is 0 Å². The molecule has 1 N–H and O–H groups in total. The van der Waals surface area contributed by atoms with E-state index in [9.17, 15) is 4.39 Å². The molecule has 0 spiro atoms. The largest absolute Gasteiger partial charge is 0.494 e. The van der Waals surface area contributed by atoms with E-state index in [1.807, 2.05) is 6.07 Å².